The highest BCUT2D eigenvalue weighted by atomic mass is 16.2. The van der Waals surface area contributed by atoms with Gasteiger partial charge >= 0.3 is 0 Å². The Hall–Kier alpha value is -4.13. The summed E-state index contributed by atoms with van der Waals surface area (Å²) >= 11 is 0. The minimum absolute atomic E-state index is 0.261. The Morgan fingerprint density at radius 2 is 1.86 bits per heavy atom. The summed E-state index contributed by atoms with van der Waals surface area (Å²) in [6, 6.07) is 17.9. The van der Waals surface area contributed by atoms with Crippen molar-refractivity contribution < 1.29 is 9.59 Å². The van der Waals surface area contributed by atoms with Crippen LogP contribution in [0.15, 0.2) is 79.3 Å². The second-order valence-corrected chi connectivity index (χ2v) is 6.52. The molecule has 4 aromatic rings. The minimum Gasteiger partial charge on any atom is -0.357 e. The first-order valence-electron chi connectivity index (χ1n) is 9.07. The summed E-state index contributed by atoms with van der Waals surface area (Å²) in [7, 11) is 0. The molecule has 0 saturated heterocycles. The van der Waals surface area contributed by atoms with Crippen molar-refractivity contribution in [3.63, 3.8) is 0 Å². The fourth-order valence-electron chi connectivity index (χ4n) is 2.91. The quantitative estimate of drug-likeness (QED) is 0.485. The number of rotatable bonds is 5. The number of anilines is 2. The topological polar surface area (TPSA) is 91.8 Å². The molecular formula is C22H19N5O2. The Bertz CT molecular complexity index is 1150. The summed E-state index contributed by atoms with van der Waals surface area (Å²) in [5, 5.41) is 9.92. The average Bonchev–Trinajstić information content (AvgIpc) is 3.44. The number of aryl methyl sites for hydroxylation is 1. The van der Waals surface area contributed by atoms with Crippen molar-refractivity contribution in [1.82, 2.24) is 14.8 Å². The van der Waals surface area contributed by atoms with Gasteiger partial charge in [-0.05, 0) is 61.0 Å². The number of amides is 2. The predicted octanol–water partition coefficient (Wildman–Crippen LogP) is 4.01. The summed E-state index contributed by atoms with van der Waals surface area (Å²) in [6.45, 7) is 1.87. The lowest BCUT2D eigenvalue weighted by molar-refractivity contribution is 0.101. The molecule has 0 aliphatic rings. The fourth-order valence-corrected chi connectivity index (χ4v) is 2.91. The zero-order chi connectivity index (χ0) is 20.2. The highest BCUT2D eigenvalue weighted by Gasteiger charge is 2.12. The summed E-state index contributed by atoms with van der Waals surface area (Å²) in [5.41, 5.74) is 3.84. The molecule has 0 unspecified atom stereocenters. The van der Waals surface area contributed by atoms with E-state index in [2.05, 4.69) is 20.7 Å². The van der Waals surface area contributed by atoms with E-state index in [4.69, 9.17) is 0 Å². The van der Waals surface area contributed by atoms with E-state index in [1.807, 2.05) is 43.5 Å². The minimum atomic E-state index is -0.266. The smallest absolute Gasteiger partial charge is 0.272 e. The standard InChI is InChI=1S/C22H19N5O2/c1-15-8-9-16(13-20(15)26-22(29)19-7-3-10-23-19)21(28)25-17-5-2-6-18(14-17)27-12-4-11-24-27/h2-14,23H,1H3,(H,25,28)(H,26,29). The fraction of sp³-hybridized carbons (Fsp3) is 0.0455. The van der Waals surface area contributed by atoms with Crippen molar-refractivity contribution >= 4 is 23.2 Å². The number of benzene rings is 2. The Balaban J connectivity index is 1.52. The van der Waals surface area contributed by atoms with Crippen molar-refractivity contribution in [2.45, 2.75) is 6.92 Å². The van der Waals surface area contributed by atoms with Crippen LogP contribution in [0.3, 0.4) is 0 Å². The second kappa shape index (κ2) is 7.85. The van der Waals surface area contributed by atoms with E-state index in [1.165, 1.54) is 0 Å². The monoisotopic (exact) mass is 385 g/mol. The van der Waals surface area contributed by atoms with Crippen molar-refractivity contribution in [1.29, 1.82) is 0 Å². The molecule has 0 bridgehead atoms. The van der Waals surface area contributed by atoms with Crippen LogP contribution in [0.5, 0.6) is 0 Å². The summed E-state index contributed by atoms with van der Waals surface area (Å²) in [6.07, 6.45) is 5.21. The zero-order valence-corrected chi connectivity index (χ0v) is 15.7. The van der Waals surface area contributed by atoms with E-state index < -0.39 is 0 Å². The molecule has 0 atom stereocenters. The highest BCUT2D eigenvalue weighted by molar-refractivity contribution is 6.07. The van der Waals surface area contributed by atoms with Gasteiger partial charge in [-0.2, -0.15) is 5.10 Å². The molecule has 2 amide bonds. The van der Waals surface area contributed by atoms with Gasteiger partial charge in [0.25, 0.3) is 11.8 Å². The lowest BCUT2D eigenvalue weighted by Crippen LogP contribution is -2.16. The molecule has 7 heteroatoms. The third-order valence-corrected chi connectivity index (χ3v) is 4.46. The number of hydrogen-bond acceptors (Lipinski definition) is 3. The molecule has 2 heterocycles. The highest BCUT2D eigenvalue weighted by Crippen LogP contribution is 2.20. The molecule has 0 fully saturated rings. The summed E-state index contributed by atoms with van der Waals surface area (Å²) < 4.78 is 1.72. The van der Waals surface area contributed by atoms with Gasteiger partial charge in [0.05, 0.1) is 5.69 Å². The number of aromatic nitrogens is 3. The van der Waals surface area contributed by atoms with Crippen molar-refractivity contribution in [2.24, 2.45) is 0 Å². The molecule has 0 radical (unpaired) electrons. The van der Waals surface area contributed by atoms with Gasteiger partial charge in [-0.1, -0.05) is 12.1 Å². The molecule has 3 N–H and O–H groups in total. The molecule has 0 aliphatic carbocycles. The Morgan fingerprint density at radius 3 is 2.62 bits per heavy atom. The van der Waals surface area contributed by atoms with E-state index in [-0.39, 0.29) is 11.8 Å². The molecule has 2 aromatic carbocycles. The van der Waals surface area contributed by atoms with Gasteiger partial charge in [0.2, 0.25) is 0 Å². The van der Waals surface area contributed by atoms with Crippen molar-refractivity contribution in [2.75, 3.05) is 10.6 Å². The third kappa shape index (κ3) is 4.08. The predicted molar refractivity (Wildman–Crippen MR) is 111 cm³/mol. The van der Waals surface area contributed by atoms with Gasteiger partial charge in [0.15, 0.2) is 0 Å². The van der Waals surface area contributed by atoms with E-state index in [1.54, 1.807) is 47.4 Å². The van der Waals surface area contributed by atoms with Gasteiger partial charge in [-0.25, -0.2) is 4.68 Å². The van der Waals surface area contributed by atoms with E-state index in [0.29, 0.717) is 22.6 Å². The molecule has 144 valence electrons. The van der Waals surface area contributed by atoms with Gasteiger partial charge in [0, 0.05) is 35.5 Å². The van der Waals surface area contributed by atoms with Gasteiger partial charge < -0.3 is 15.6 Å². The number of nitrogens with one attached hydrogen (secondary N) is 3. The molecule has 7 nitrogen and oxygen atoms in total. The van der Waals surface area contributed by atoms with Crippen LogP contribution in [0.4, 0.5) is 11.4 Å². The summed E-state index contributed by atoms with van der Waals surface area (Å²) in [4.78, 5) is 27.9. The number of H-pyrrole nitrogens is 1. The van der Waals surface area contributed by atoms with Crippen LogP contribution in [0.1, 0.15) is 26.4 Å². The van der Waals surface area contributed by atoms with Crippen LogP contribution in [0.2, 0.25) is 0 Å². The molecule has 0 saturated carbocycles. The average molecular weight is 385 g/mol. The van der Waals surface area contributed by atoms with E-state index in [9.17, 15) is 9.59 Å². The van der Waals surface area contributed by atoms with Gasteiger partial charge in [0.1, 0.15) is 5.69 Å². The maximum atomic E-state index is 12.7. The van der Waals surface area contributed by atoms with Crippen LogP contribution in [0, 0.1) is 6.92 Å². The van der Waals surface area contributed by atoms with E-state index >= 15 is 0 Å². The Morgan fingerprint density at radius 1 is 0.966 bits per heavy atom. The van der Waals surface area contributed by atoms with Crippen LogP contribution >= 0.6 is 0 Å². The number of aromatic amines is 1. The second-order valence-electron chi connectivity index (χ2n) is 6.52. The third-order valence-electron chi connectivity index (χ3n) is 4.46. The van der Waals surface area contributed by atoms with Gasteiger partial charge in [-0.15, -0.1) is 0 Å². The first-order valence-corrected chi connectivity index (χ1v) is 9.07. The lowest BCUT2D eigenvalue weighted by atomic mass is 10.1. The maximum Gasteiger partial charge on any atom is 0.272 e. The number of carbonyl (C=O) groups is 2. The molecule has 0 aliphatic heterocycles. The van der Waals surface area contributed by atoms with Crippen LogP contribution in [-0.4, -0.2) is 26.6 Å². The number of nitrogens with zero attached hydrogens (tertiary/aromatic N) is 2. The number of carbonyl (C=O) groups excluding carboxylic acids is 2. The van der Waals surface area contributed by atoms with Crippen LogP contribution in [-0.2, 0) is 0 Å². The largest absolute Gasteiger partial charge is 0.357 e. The molecule has 0 spiro atoms. The lowest BCUT2D eigenvalue weighted by Gasteiger charge is -2.11. The Labute approximate surface area is 167 Å². The zero-order valence-electron chi connectivity index (χ0n) is 15.7. The summed E-state index contributed by atoms with van der Waals surface area (Å²) in [5.74, 6) is -0.527. The first kappa shape index (κ1) is 18.2. The molecule has 29 heavy (non-hydrogen) atoms. The van der Waals surface area contributed by atoms with Crippen LogP contribution < -0.4 is 10.6 Å². The van der Waals surface area contributed by atoms with E-state index in [0.717, 1.165) is 11.3 Å². The Kier molecular flexibility index (Phi) is 4.94. The maximum absolute atomic E-state index is 12.7. The SMILES string of the molecule is Cc1ccc(C(=O)Nc2cccc(-n3cccn3)c2)cc1NC(=O)c1ccc[nH]1. The number of hydrogen-bond donors (Lipinski definition) is 3. The molecule has 2 aromatic heterocycles. The molecular weight excluding hydrogens is 366 g/mol. The molecule has 4 rings (SSSR count). The van der Waals surface area contributed by atoms with Crippen molar-refractivity contribution in [3.05, 3.63) is 96.1 Å². The normalized spacial score (nSPS) is 10.5. The van der Waals surface area contributed by atoms with Crippen LogP contribution in [0.25, 0.3) is 5.69 Å². The first-order chi connectivity index (χ1) is 14.1. The van der Waals surface area contributed by atoms with Gasteiger partial charge in [-0.3, -0.25) is 9.59 Å². The van der Waals surface area contributed by atoms with Crippen molar-refractivity contribution in [3.8, 4) is 5.69 Å².